The van der Waals surface area contributed by atoms with Gasteiger partial charge in [0.15, 0.2) is 5.78 Å². The molecule has 4 N–H and O–H groups in total. The number of nitrogens with two attached hydrogens (primary N) is 1. The van der Waals surface area contributed by atoms with Gasteiger partial charge in [-0.3, -0.25) is 28.8 Å². The molecule has 0 spiro atoms. The van der Waals surface area contributed by atoms with Gasteiger partial charge in [-0.05, 0) is 18.6 Å². The Hall–Kier alpha value is -3.60. The molecule has 11 heteroatoms. The van der Waals surface area contributed by atoms with Crippen LogP contribution in [0.25, 0.3) is 0 Å². The number of Topliss-reactive ketones (excluding diaryl/α,β-unsaturated/α-hetero) is 1. The zero-order valence-electron chi connectivity index (χ0n) is 19.7. The number of amides is 4. The lowest BCUT2D eigenvalue weighted by atomic mass is 9.97. The summed E-state index contributed by atoms with van der Waals surface area (Å²) in [6.45, 7) is 6.42. The van der Waals surface area contributed by atoms with Gasteiger partial charge in [0, 0.05) is 30.4 Å². The second-order valence-electron chi connectivity index (χ2n) is 8.65. The van der Waals surface area contributed by atoms with Crippen LogP contribution in [-0.2, 0) is 14.4 Å². The average Bonchev–Trinajstić information content (AvgIpc) is 3.03. The smallest absolute Gasteiger partial charge is 0.320 e. The summed E-state index contributed by atoms with van der Waals surface area (Å²) >= 11 is 0. The Morgan fingerprint density at radius 3 is 2.21 bits per heavy atom. The maximum Gasteiger partial charge on any atom is 0.320 e. The molecule has 1 aliphatic rings. The van der Waals surface area contributed by atoms with Crippen LogP contribution >= 0.6 is 0 Å². The molecular weight excluding hydrogens is 444 g/mol. The predicted molar refractivity (Wildman–Crippen MR) is 121 cm³/mol. The second kappa shape index (κ2) is 11.0. The van der Waals surface area contributed by atoms with Crippen molar-refractivity contribution in [3.63, 3.8) is 0 Å². The molecular formula is C23H30N4O7. The zero-order valence-corrected chi connectivity index (χ0v) is 19.7. The van der Waals surface area contributed by atoms with Crippen LogP contribution in [0.4, 0.5) is 0 Å². The van der Waals surface area contributed by atoms with Crippen molar-refractivity contribution in [2.75, 3.05) is 13.1 Å². The largest absolute Gasteiger partial charge is 0.480 e. The zero-order chi connectivity index (χ0) is 25.7. The summed E-state index contributed by atoms with van der Waals surface area (Å²) < 4.78 is 0. The summed E-state index contributed by atoms with van der Waals surface area (Å²) in [5.74, 6) is -4.65. The van der Waals surface area contributed by atoms with Crippen LogP contribution in [0.5, 0.6) is 0 Å². The summed E-state index contributed by atoms with van der Waals surface area (Å²) in [5.41, 5.74) is 5.79. The first-order chi connectivity index (χ1) is 15.9. The number of carbonyl (C=O) groups is 6. The number of imide groups is 1. The minimum Gasteiger partial charge on any atom is -0.480 e. The van der Waals surface area contributed by atoms with Crippen LogP contribution in [0.15, 0.2) is 18.2 Å². The van der Waals surface area contributed by atoms with Crippen LogP contribution in [0.1, 0.15) is 71.6 Å². The van der Waals surface area contributed by atoms with E-state index in [1.54, 1.807) is 27.7 Å². The normalized spacial score (nSPS) is 13.8. The topological polar surface area (TPSA) is 167 Å². The Balaban J connectivity index is 2.17. The summed E-state index contributed by atoms with van der Waals surface area (Å²) in [5, 5.41) is 13.1. The summed E-state index contributed by atoms with van der Waals surface area (Å²) in [6, 6.07) is 3.07. The van der Waals surface area contributed by atoms with Gasteiger partial charge < -0.3 is 16.2 Å². The molecule has 1 aromatic rings. The lowest BCUT2D eigenvalue weighted by molar-refractivity contribution is -0.145. The van der Waals surface area contributed by atoms with Crippen molar-refractivity contribution in [1.82, 2.24) is 15.3 Å². The van der Waals surface area contributed by atoms with E-state index in [-0.39, 0.29) is 48.8 Å². The molecule has 4 amide bonds. The predicted octanol–water partition coefficient (Wildman–Crippen LogP) is 0.829. The van der Waals surface area contributed by atoms with E-state index in [9.17, 15) is 28.8 Å². The van der Waals surface area contributed by atoms with Gasteiger partial charge in [-0.25, -0.2) is 5.01 Å². The van der Waals surface area contributed by atoms with E-state index in [0.717, 1.165) is 10.0 Å². The number of benzene rings is 1. The number of hydrogen-bond donors (Lipinski definition) is 3. The number of ketones is 1. The highest BCUT2D eigenvalue weighted by atomic mass is 16.4. The molecule has 0 unspecified atom stereocenters. The lowest BCUT2D eigenvalue weighted by Crippen LogP contribution is -2.53. The number of rotatable bonds is 11. The van der Waals surface area contributed by atoms with E-state index in [4.69, 9.17) is 10.8 Å². The number of carbonyl (C=O) groups excluding carboxylic acids is 5. The van der Waals surface area contributed by atoms with Crippen LogP contribution in [0.2, 0.25) is 0 Å². The molecule has 0 aromatic heterocycles. The van der Waals surface area contributed by atoms with Gasteiger partial charge in [0.25, 0.3) is 11.8 Å². The van der Waals surface area contributed by atoms with Crippen LogP contribution in [0.3, 0.4) is 0 Å². The van der Waals surface area contributed by atoms with Crippen molar-refractivity contribution in [1.29, 1.82) is 0 Å². The number of nitrogens with zero attached hydrogens (tertiary/aromatic N) is 2. The van der Waals surface area contributed by atoms with Crippen molar-refractivity contribution in [3.8, 4) is 0 Å². The molecule has 2 rings (SSSR count). The fraction of sp³-hybridized carbons (Fsp3) is 0.478. The monoisotopic (exact) mass is 474 g/mol. The molecule has 1 heterocycles. The fourth-order valence-corrected chi connectivity index (χ4v) is 3.34. The Bertz CT molecular complexity index is 1020. The Labute approximate surface area is 197 Å². The number of fused-ring (bicyclic) bond motifs is 1. The molecule has 0 aliphatic carbocycles. The SMILES string of the molecule is CC(C)C(=O)c1ccc2c(c1)C(=O)N(N(CCNC(=O)CC[C@@H](N)C(=O)O)C(=O)C(C)C)C2=O. The quantitative estimate of drug-likeness (QED) is 0.313. The van der Waals surface area contributed by atoms with E-state index in [1.165, 1.54) is 18.2 Å². The minimum atomic E-state index is -1.22. The van der Waals surface area contributed by atoms with Crippen LogP contribution in [0, 0.1) is 11.8 Å². The van der Waals surface area contributed by atoms with Gasteiger partial charge in [0.1, 0.15) is 6.04 Å². The van der Waals surface area contributed by atoms with E-state index >= 15 is 0 Å². The van der Waals surface area contributed by atoms with E-state index in [0.29, 0.717) is 5.56 Å². The fourth-order valence-electron chi connectivity index (χ4n) is 3.34. The summed E-state index contributed by atoms with van der Waals surface area (Å²) in [4.78, 5) is 74.0. The highest BCUT2D eigenvalue weighted by Crippen LogP contribution is 2.27. The average molecular weight is 475 g/mol. The number of aliphatic carboxylic acids is 1. The van der Waals surface area contributed by atoms with Crippen molar-refractivity contribution in [2.45, 2.75) is 46.6 Å². The molecule has 0 bridgehead atoms. The first kappa shape index (κ1) is 26.7. The molecule has 1 atom stereocenters. The van der Waals surface area contributed by atoms with Gasteiger partial charge in [0.2, 0.25) is 11.8 Å². The van der Waals surface area contributed by atoms with Crippen molar-refractivity contribution >= 4 is 35.4 Å². The third kappa shape index (κ3) is 5.84. The number of carboxylic acids is 1. The van der Waals surface area contributed by atoms with Crippen molar-refractivity contribution < 1.29 is 33.9 Å². The third-order valence-corrected chi connectivity index (χ3v) is 5.31. The number of hydrogen-bond acceptors (Lipinski definition) is 7. The molecule has 34 heavy (non-hydrogen) atoms. The molecule has 0 fully saturated rings. The number of nitrogens with one attached hydrogen (secondary N) is 1. The van der Waals surface area contributed by atoms with Gasteiger partial charge in [-0.2, -0.15) is 5.01 Å². The molecule has 184 valence electrons. The minimum absolute atomic E-state index is 0.0322. The van der Waals surface area contributed by atoms with Crippen molar-refractivity contribution in [3.05, 3.63) is 34.9 Å². The highest BCUT2D eigenvalue weighted by molar-refractivity contribution is 6.22. The molecule has 0 saturated carbocycles. The first-order valence-electron chi connectivity index (χ1n) is 11.0. The highest BCUT2D eigenvalue weighted by Gasteiger charge is 2.42. The summed E-state index contributed by atoms with van der Waals surface area (Å²) in [6.07, 6.45) is -0.198. The first-order valence-corrected chi connectivity index (χ1v) is 11.0. The molecule has 1 aliphatic heterocycles. The molecule has 1 aromatic carbocycles. The molecule has 11 nitrogen and oxygen atoms in total. The van der Waals surface area contributed by atoms with Gasteiger partial charge in [-0.1, -0.05) is 33.8 Å². The van der Waals surface area contributed by atoms with E-state index < -0.39 is 41.6 Å². The van der Waals surface area contributed by atoms with Crippen LogP contribution in [-0.4, -0.2) is 69.6 Å². The maximum atomic E-state index is 13.1. The standard InChI is InChI=1S/C23H30N4O7/c1-12(2)19(29)14-5-6-15-16(11-14)22(32)27(21(15)31)26(20(30)13(3)4)10-9-25-18(28)8-7-17(24)23(33)34/h5-6,11-13,17H,7-10,24H2,1-4H3,(H,25,28)(H,33,34)/t17-/m1/s1. The Morgan fingerprint density at radius 2 is 1.65 bits per heavy atom. The van der Waals surface area contributed by atoms with Crippen molar-refractivity contribution in [2.24, 2.45) is 17.6 Å². The summed E-state index contributed by atoms with van der Waals surface area (Å²) in [7, 11) is 0. The maximum absolute atomic E-state index is 13.1. The van der Waals surface area contributed by atoms with Gasteiger partial charge in [0.05, 0.1) is 17.7 Å². The lowest BCUT2D eigenvalue weighted by Gasteiger charge is -2.31. The Morgan fingerprint density at radius 1 is 1.03 bits per heavy atom. The third-order valence-electron chi connectivity index (χ3n) is 5.31. The van der Waals surface area contributed by atoms with Crippen LogP contribution < -0.4 is 11.1 Å². The van der Waals surface area contributed by atoms with Gasteiger partial charge >= 0.3 is 5.97 Å². The number of carboxylic acid groups (broad SMARTS) is 1. The van der Waals surface area contributed by atoms with E-state index in [2.05, 4.69) is 5.32 Å². The molecule has 0 radical (unpaired) electrons. The Kier molecular flexibility index (Phi) is 8.63. The van der Waals surface area contributed by atoms with Gasteiger partial charge in [-0.15, -0.1) is 0 Å². The van der Waals surface area contributed by atoms with E-state index in [1.807, 2.05) is 0 Å². The molecule has 0 saturated heterocycles. The number of hydrazine groups is 1. The second-order valence-corrected chi connectivity index (χ2v) is 8.65.